The van der Waals surface area contributed by atoms with Crippen LogP contribution in [0.2, 0.25) is 10.0 Å². The third-order valence-electron chi connectivity index (χ3n) is 5.93. The summed E-state index contributed by atoms with van der Waals surface area (Å²) < 4.78 is 6.90. The number of fused-ring (bicyclic) bond motifs is 1. The van der Waals surface area contributed by atoms with Crippen LogP contribution >= 0.6 is 23.2 Å². The Labute approximate surface area is 217 Å². The van der Waals surface area contributed by atoms with Crippen molar-refractivity contribution in [3.05, 3.63) is 91.6 Å². The molecule has 0 saturated carbocycles. The van der Waals surface area contributed by atoms with Crippen molar-refractivity contribution in [2.24, 2.45) is 0 Å². The molecule has 0 spiro atoms. The Bertz CT molecular complexity index is 1510. The van der Waals surface area contributed by atoms with Crippen LogP contribution in [0.25, 0.3) is 11.1 Å². The predicted octanol–water partition coefficient (Wildman–Crippen LogP) is 5.56. The molecule has 1 atom stereocenters. The smallest absolute Gasteiger partial charge is 0.267 e. The lowest BCUT2D eigenvalue weighted by atomic mass is 10.1. The molecule has 4 rings (SSSR count). The first-order valence-corrected chi connectivity index (χ1v) is 12.1. The summed E-state index contributed by atoms with van der Waals surface area (Å²) in [4.78, 5) is 33.5. The largest absolute Gasteiger partial charge is 0.335 e. The normalized spacial score (nSPS) is 11.9. The molecular formula is C26H23Cl2N5O3. The molecule has 184 valence electrons. The zero-order valence-corrected chi connectivity index (χ0v) is 21.3. The number of halogens is 2. The van der Waals surface area contributed by atoms with Gasteiger partial charge in [0, 0.05) is 12.1 Å². The van der Waals surface area contributed by atoms with E-state index in [0.29, 0.717) is 33.9 Å². The molecule has 2 aromatic carbocycles. The number of carbonyl (C=O) groups excluding carboxylic acids is 1. The highest BCUT2D eigenvalue weighted by Crippen LogP contribution is 2.29. The van der Waals surface area contributed by atoms with Crippen molar-refractivity contribution in [3.8, 4) is 6.07 Å². The maximum absolute atomic E-state index is 13.7. The monoisotopic (exact) mass is 523 g/mol. The molecule has 8 nitrogen and oxygen atoms in total. The molecule has 0 N–H and O–H groups in total. The molecule has 4 aromatic rings. The number of hydrogen-bond acceptors (Lipinski definition) is 6. The second kappa shape index (κ2) is 10.9. The standard InChI is InChI=1S/C26H23Cl2N5O3/c1-3-21(32(13-7-12-29)25(34)18-10-11-19(27)20(28)14-18)23-30-24-22(16(2)31-36-24)26(35)33(23)15-17-8-5-4-6-9-17/h4-6,8-11,14,21H,3,7,13,15H2,1-2H3. The molecule has 36 heavy (non-hydrogen) atoms. The van der Waals surface area contributed by atoms with E-state index in [9.17, 15) is 14.9 Å². The van der Waals surface area contributed by atoms with Crippen molar-refractivity contribution in [3.63, 3.8) is 0 Å². The highest BCUT2D eigenvalue weighted by Gasteiger charge is 2.30. The van der Waals surface area contributed by atoms with Gasteiger partial charge in [-0.15, -0.1) is 0 Å². The summed E-state index contributed by atoms with van der Waals surface area (Å²) in [5.74, 6) is -0.00798. The van der Waals surface area contributed by atoms with Crippen molar-refractivity contribution in [1.29, 1.82) is 5.26 Å². The number of aromatic nitrogens is 3. The number of carbonyl (C=O) groups is 1. The quantitative estimate of drug-likeness (QED) is 0.299. The minimum atomic E-state index is -0.633. The van der Waals surface area contributed by atoms with Crippen molar-refractivity contribution in [2.45, 2.75) is 39.3 Å². The van der Waals surface area contributed by atoms with E-state index < -0.39 is 6.04 Å². The summed E-state index contributed by atoms with van der Waals surface area (Å²) in [6.07, 6.45) is 0.522. The van der Waals surface area contributed by atoms with Crippen LogP contribution in [0.4, 0.5) is 0 Å². The molecule has 10 heteroatoms. The van der Waals surface area contributed by atoms with Gasteiger partial charge >= 0.3 is 0 Å². The van der Waals surface area contributed by atoms with Gasteiger partial charge in [-0.1, -0.05) is 65.6 Å². The molecular weight excluding hydrogens is 501 g/mol. The topological polar surface area (TPSA) is 105 Å². The summed E-state index contributed by atoms with van der Waals surface area (Å²) in [5.41, 5.74) is 1.45. The third-order valence-corrected chi connectivity index (χ3v) is 6.67. The van der Waals surface area contributed by atoms with Crippen molar-refractivity contribution >= 4 is 40.2 Å². The van der Waals surface area contributed by atoms with Crippen molar-refractivity contribution in [2.75, 3.05) is 6.54 Å². The van der Waals surface area contributed by atoms with Crippen LogP contribution in [0.15, 0.2) is 57.8 Å². The lowest BCUT2D eigenvalue weighted by molar-refractivity contribution is 0.0662. The number of aryl methyl sites for hydroxylation is 1. The average Bonchev–Trinajstić information content (AvgIpc) is 3.26. The molecule has 0 bridgehead atoms. The molecule has 0 radical (unpaired) electrons. The van der Waals surface area contributed by atoms with Crippen LogP contribution in [0, 0.1) is 18.3 Å². The van der Waals surface area contributed by atoms with E-state index in [1.54, 1.807) is 28.5 Å². The van der Waals surface area contributed by atoms with E-state index in [-0.39, 0.29) is 41.7 Å². The van der Waals surface area contributed by atoms with Gasteiger partial charge in [0.05, 0.1) is 40.8 Å². The lowest BCUT2D eigenvalue weighted by Gasteiger charge is -2.31. The second-order valence-corrected chi connectivity index (χ2v) is 9.07. The van der Waals surface area contributed by atoms with Crippen molar-refractivity contribution < 1.29 is 9.32 Å². The third kappa shape index (κ3) is 4.99. The van der Waals surface area contributed by atoms with Crippen LogP contribution in [0.1, 0.15) is 53.2 Å². The average molecular weight is 524 g/mol. The predicted molar refractivity (Wildman–Crippen MR) is 137 cm³/mol. The van der Waals surface area contributed by atoms with E-state index in [1.807, 2.05) is 37.3 Å². The van der Waals surface area contributed by atoms with Gasteiger partial charge in [0.15, 0.2) is 0 Å². The minimum absolute atomic E-state index is 0.0934. The van der Waals surface area contributed by atoms with E-state index >= 15 is 0 Å². The van der Waals surface area contributed by atoms with Gasteiger partial charge in [-0.2, -0.15) is 10.2 Å². The first kappa shape index (κ1) is 25.4. The van der Waals surface area contributed by atoms with E-state index in [1.165, 1.54) is 6.07 Å². The van der Waals surface area contributed by atoms with Gasteiger partial charge in [0.25, 0.3) is 17.2 Å². The SMILES string of the molecule is CCC(c1nc2onc(C)c2c(=O)n1Cc1ccccc1)N(CCC#N)C(=O)c1ccc(Cl)c(Cl)c1. The summed E-state index contributed by atoms with van der Waals surface area (Å²) >= 11 is 12.2. The van der Waals surface area contributed by atoms with Crippen LogP contribution in [-0.2, 0) is 6.54 Å². The summed E-state index contributed by atoms with van der Waals surface area (Å²) in [6, 6.07) is 15.6. The number of nitriles is 1. The van der Waals surface area contributed by atoms with Crippen LogP contribution in [0.5, 0.6) is 0 Å². The Kier molecular flexibility index (Phi) is 7.73. The van der Waals surface area contributed by atoms with Gasteiger partial charge in [-0.3, -0.25) is 14.2 Å². The van der Waals surface area contributed by atoms with Crippen molar-refractivity contribution in [1.82, 2.24) is 19.6 Å². The molecule has 1 unspecified atom stereocenters. The summed E-state index contributed by atoms with van der Waals surface area (Å²) in [7, 11) is 0. The first-order chi connectivity index (χ1) is 17.3. The van der Waals surface area contributed by atoms with Crippen LogP contribution < -0.4 is 5.56 Å². The Hall–Kier alpha value is -3.67. The zero-order chi connectivity index (χ0) is 25.8. The van der Waals surface area contributed by atoms with Gasteiger partial charge in [-0.05, 0) is 37.1 Å². The number of hydrogen-bond donors (Lipinski definition) is 0. The van der Waals surface area contributed by atoms with Gasteiger partial charge in [-0.25, -0.2) is 0 Å². The number of benzene rings is 2. The maximum atomic E-state index is 13.7. The first-order valence-electron chi connectivity index (χ1n) is 11.4. The molecule has 0 fully saturated rings. The Morgan fingerprint density at radius 1 is 1.19 bits per heavy atom. The maximum Gasteiger partial charge on any atom is 0.267 e. The number of nitrogens with zero attached hydrogens (tertiary/aromatic N) is 5. The Balaban J connectivity index is 1.88. The van der Waals surface area contributed by atoms with E-state index in [2.05, 4.69) is 16.2 Å². The Morgan fingerprint density at radius 3 is 2.61 bits per heavy atom. The van der Waals surface area contributed by atoms with Gasteiger partial charge in [0.1, 0.15) is 11.2 Å². The van der Waals surface area contributed by atoms with Gasteiger partial charge in [0.2, 0.25) is 0 Å². The fourth-order valence-electron chi connectivity index (χ4n) is 4.16. The Morgan fingerprint density at radius 2 is 1.94 bits per heavy atom. The minimum Gasteiger partial charge on any atom is -0.335 e. The fraction of sp³-hybridized carbons (Fsp3) is 0.269. The highest BCUT2D eigenvalue weighted by molar-refractivity contribution is 6.42. The van der Waals surface area contributed by atoms with Crippen LogP contribution in [0.3, 0.4) is 0 Å². The highest BCUT2D eigenvalue weighted by atomic mass is 35.5. The van der Waals surface area contributed by atoms with Gasteiger partial charge < -0.3 is 9.42 Å². The molecule has 1 amide bonds. The summed E-state index contributed by atoms with van der Waals surface area (Å²) in [5, 5.41) is 14.1. The molecule has 2 aromatic heterocycles. The van der Waals surface area contributed by atoms with E-state index in [0.717, 1.165) is 5.56 Å². The molecule has 0 saturated heterocycles. The molecule has 2 heterocycles. The number of rotatable bonds is 8. The summed E-state index contributed by atoms with van der Waals surface area (Å²) in [6.45, 7) is 3.95. The number of amides is 1. The molecule has 0 aliphatic heterocycles. The zero-order valence-electron chi connectivity index (χ0n) is 19.7. The van der Waals surface area contributed by atoms with Crippen LogP contribution in [-0.4, -0.2) is 32.1 Å². The molecule has 0 aliphatic rings. The molecule has 0 aliphatic carbocycles. The van der Waals surface area contributed by atoms with E-state index in [4.69, 9.17) is 27.7 Å². The lowest BCUT2D eigenvalue weighted by Crippen LogP contribution is -2.39. The fourth-order valence-corrected chi connectivity index (χ4v) is 4.46. The second-order valence-electron chi connectivity index (χ2n) is 8.25.